The lowest BCUT2D eigenvalue weighted by molar-refractivity contribution is -0.145. The number of alkyl halides is 1. The van der Waals surface area contributed by atoms with Gasteiger partial charge in [0.25, 0.3) is 0 Å². The van der Waals surface area contributed by atoms with Crippen LogP contribution in [-0.2, 0) is 9.53 Å². The van der Waals surface area contributed by atoms with Crippen LogP contribution >= 0.6 is 15.9 Å². The van der Waals surface area contributed by atoms with E-state index in [0.29, 0.717) is 5.92 Å². The zero-order valence-corrected chi connectivity index (χ0v) is 8.85. The van der Waals surface area contributed by atoms with Crippen LogP contribution in [0.5, 0.6) is 0 Å². The predicted octanol–water partition coefficient (Wildman–Crippen LogP) is 2.36. The molecule has 0 fully saturated rings. The molecular formula is C8H15BrO2. The number of ether oxygens (including phenoxy) is 1. The molecule has 0 bridgehead atoms. The fourth-order valence-electron chi connectivity index (χ4n) is 0.968. The molecule has 0 saturated carbocycles. The van der Waals surface area contributed by atoms with Crippen LogP contribution < -0.4 is 0 Å². The molecule has 0 N–H and O–H groups in total. The minimum absolute atomic E-state index is 0.0417. The normalized spacial score (nSPS) is 13.2. The molecular weight excluding hydrogens is 208 g/mol. The third kappa shape index (κ3) is 6.35. The van der Waals surface area contributed by atoms with Crippen molar-refractivity contribution >= 4 is 21.9 Å². The van der Waals surface area contributed by atoms with Gasteiger partial charge in [0, 0.05) is 0 Å². The van der Waals surface area contributed by atoms with Crippen molar-refractivity contribution in [2.24, 2.45) is 5.92 Å². The smallest absolute Gasteiger partial charge is 0.316 e. The van der Waals surface area contributed by atoms with Gasteiger partial charge in [-0.05, 0) is 19.3 Å². The van der Waals surface area contributed by atoms with Crippen molar-refractivity contribution in [3.05, 3.63) is 0 Å². The Labute approximate surface area is 76.4 Å². The maximum absolute atomic E-state index is 10.7. The Kier molecular flexibility index (Phi) is 5.56. The Morgan fingerprint density at radius 3 is 2.36 bits per heavy atom. The lowest BCUT2D eigenvalue weighted by atomic mass is 10.1. The molecule has 3 heteroatoms. The van der Waals surface area contributed by atoms with Crippen LogP contribution in [0.2, 0.25) is 0 Å². The van der Waals surface area contributed by atoms with Gasteiger partial charge in [0.2, 0.25) is 0 Å². The second-order valence-corrected chi connectivity index (χ2v) is 3.62. The van der Waals surface area contributed by atoms with E-state index in [9.17, 15) is 4.79 Å². The Morgan fingerprint density at radius 2 is 2.00 bits per heavy atom. The monoisotopic (exact) mass is 222 g/mol. The van der Waals surface area contributed by atoms with Crippen molar-refractivity contribution in [1.29, 1.82) is 0 Å². The van der Waals surface area contributed by atoms with Crippen LogP contribution in [0.25, 0.3) is 0 Å². The molecule has 0 rings (SSSR count). The molecule has 11 heavy (non-hydrogen) atoms. The molecule has 0 aromatic heterocycles. The molecule has 0 heterocycles. The number of carbonyl (C=O) groups is 1. The highest BCUT2D eigenvalue weighted by Crippen LogP contribution is 2.07. The quantitative estimate of drug-likeness (QED) is 0.540. The summed E-state index contributed by atoms with van der Waals surface area (Å²) in [5, 5.41) is 0.287. The van der Waals surface area contributed by atoms with Crippen LogP contribution in [0.15, 0.2) is 0 Å². The summed E-state index contributed by atoms with van der Waals surface area (Å²) >= 11 is 3.03. The third-order valence-electron chi connectivity index (χ3n) is 1.25. The average Bonchev–Trinajstić information content (AvgIpc) is 1.85. The van der Waals surface area contributed by atoms with Gasteiger partial charge in [0.15, 0.2) is 0 Å². The summed E-state index contributed by atoms with van der Waals surface area (Å²) in [6, 6.07) is 0. The molecule has 1 unspecified atom stereocenters. The summed E-state index contributed by atoms with van der Waals surface area (Å²) in [6.45, 7) is 6.14. The first-order valence-electron chi connectivity index (χ1n) is 3.81. The van der Waals surface area contributed by atoms with Gasteiger partial charge in [-0.3, -0.25) is 4.79 Å². The average molecular weight is 223 g/mol. The summed E-state index contributed by atoms with van der Waals surface area (Å²) < 4.78 is 5.02. The summed E-state index contributed by atoms with van der Waals surface area (Å²) in [5.74, 6) is 0.395. The molecule has 2 nitrogen and oxygen atoms in total. The highest BCUT2D eigenvalue weighted by molar-refractivity contribution is 9.09. The van der Waals surface area contributed by atoms with Crippen molar-refractivity contribution < 1.29 is 9.53 Å². The highest BCUT2D eigenvalue weighted by Gasteiger charge is 2.09. The van der Waals surface area contributed by atoms with Crippen molar-refractivity contribution in [1.82, 2.24) is 0 Å². The zero-order chi connectivity index (χ0) is 8.85. The van der Waals surface area contributed by atoms with Crippen molar-refractivity contribution in [3.8, 4) is 0 Å². The molecule has 0 aliphatic heterocycles. The lowest BCUT2D eigenvalue weighted by Crippen LogP contribution is -2.17. The Morgan fingerprint density at radius 1 is 1.45 bits per heavy atom. The summed E-state index contributed by atoms with van der Waals surface area (Å²) in [6.07, 6.45) is 0.971. The number of rotatable bonds is 4. The summed E-state index contributed by atoms with van der Waals surface area (Å²) in [4.78, 5) is 10.7. The maximum Gasteiger partial charge on any atom is 0.316 e. The second kappa shape index (κ2) is 5.58. The SMILES string of the molecule is CC(C)CC(C)OC(=O)CBr. The molecule has 0 radical (unpaired) electrons. The van der Waals surface area contributed by atoms with Gasteiger partial charge in [0.1, 0.15) is 5.33 Å². The molecule has 0 aliphatic carbocycles. The van der Waals surface area contributed by atoms with Crippen molar-refractivity contribution in [3.63, 3.8) is 0 Å². The van der Waals surface area contributed by atoms with E-state index in [1.54, 1.807) is 0 Å². The number of halogens is 1. The van der Waals surface area contributed by atoms with Gasteiger partial charge in [-0.25, -0.2) is 0 Å². The minimum Gasteiger partial charge on any atom is -0.462 e. The van der Waals surface area contributed by atoms with Gasteiger partial charge in [-0.15, -0.1) is 0 Å². The van der Waals surface area contributed by atoms with Crippen molar-refractivity contribution in [2.75, 3.05) is 5.33 Å². The number of hydrogen-bond donors (Lipinski definition) is 0. The fraction of sp³-hybridized carbons (Fsp3) is 0.875. The van der Waals surface area contributed by atoms with Crippen LogP contribution in [0.3, 0.4) is 0 Å². The minimum atomic E-state index is -0.182. The largest absolute Gasteiger partial charge is 0.462 e. The zero-order valence-electron chi connectivity index (χ0n) is 7.26. The van der Waals surface area contributed by atoms with Gasteiger partial charge in [-0.1, -0.05) is 29.8 Å². The van der Waals surface area contributed by atoms with E-state index in [2.05, 4.69) is 29.8 Å². The molecule has 1 atom stereocenters. The van der Waals surface area contributed by atoms with Crippen LogP contribution in [-0.4, -0.2) is 17.4 Å². The molecule has 0 saturated heterocycles. The molecule has 66 valence electrons. The van der Waals surface area contributed by atoms with E-state index in [1.807, 2.05) is 6.92 Å². The van der Waals surface area contributed by atoms with Crippen LogP contribution in [0.4, 0.5) is 0 Å². The number of esters is 1. The number of hydrogen-bond acceptors (Lipinski definition) is 2. The first-order chi connectivity index (χ1) is 5.06. The first kappa shape index (κ1) is 11.0. The third-order valence-corrected chi connectivity index (χ3v) is 1.70. The van der Waals surface area contributed by atoms with E-state index >= 15 is 0 Å². The Bertz CT molecular complexity index is 123. The van der Waals surface area contributed by atoms with Gasteiger partial charge in [-0.2, -0.15) is 0 Å². The van der Waals surface area contributed by atoms with Gasteiger partial charge in [0.05, 0.1) is 6.10 Å². The standard InChI is InChI=1S/C8H15BrO2/c1-6(2)4-7(3)11-8(10)5-9/h6-7H,4-5H2,1-3H3. The molecule has 0 aromatic rings. The molecule has 0 aliphatic rings. The number of carbonyl (C=O) groups excluding carboxylic acids is 1. The molecule has 0 spiro atoms. The predicted molar refractivity (Wildman–Crippen MR) is 48.8 cm³/mol. The molecule has 0 aromatic carbocycles. The van der Waals surface area contributed by atoms with E-state index in [1.165, 1.54) is 0 Å². The van der Waals surface area contributed by atoms with Crippen LogP contribution in [0.1, 0.15) is 27.2 Å². The van der Waals surface area contributed by atoms with E-state index in [0.717, 1.165) is 6.42 Å². The molecule has 0 amide bonds. The van der Waals surface area contributed by atoms with E-state index in [4.69, 9.17) is 4.74 Å². The maximum atomic E-state index is 10.7. The Hall–Kier alpha value is -0.0500. The van der Waals surface area contributed by atoms with Crippen LogP contribution in [0, 0.1) is 5.92 Å². The summed E-state index contributed by atoms with van der Waals surface area (Å²) in [5.41, 5.74) is 0. The Balaban J connectivity index is 3.51. The van der Waals surface area contributed by atoms with Gasteiger partial charge < -0.3 is 4.74 Å². The van der Waals surface area contributed by atoms with Crippen molar-refractivity contribution in [2.45, 2.75) is 33.3 Å². The lowest BCUT2D eigenvalue weighted by Gasteiger charge is -2.13. The topological polar surface area (TPSA) is 26.3 Å². The summed E-state index contributed by atoms with van der Waals surface area (Å²) in [7, 11) is 0. The highest BCUT2D eigenvalue weighted by atomic mass is 79.9. The van der Waals surface area contributed by atoms with E-state index < -0.39 is 0 Å². The fourth-order valence-corrected chi connectivity index (χ4v) is 1.10. The van der Waals surface area contributed by atoms with E-state index in [-0.39, 0.29) is 17.4 Å². The second-order valence-electron chi connectivity index (χ2n) is 3.06. The van der Waals surface area contributed by atoms with Gasteiger partial charge >= 0.3 is 5.97 Å². The first-order valence-corrected chi connectivity index (χ1v) is 4.93.